The average molecular weight is 850 g/mol. The van der Waals surface area contributed by atoms with Gasteiger partial charge >= 0.3 is 12.3 Å². The summed E-state index contributed by atoms with van der Waals surface area (Å²) >= 11 is 0. The second-order valence-corrected chi connectivity index (χ2v) is 19.3. The van der Waals surface area contributed by atoms with Crippen LogP contribution < -0.4 is 24.8 Å². The van der Waals surface area contributed by atoms with Gasteiger partial charge in [0.1, 0.15) is 29.5 Å². The highest BCUT2D eigenvalue weighted by molar-refractivity contribution is 7.91. The normalized spacial score (nSPS) is 29.1. The Morgan fingerprint density at radius 3 is 2.42 bits per heavy atom. The fourth-order valence-electron chi connectivity index (χ4n) is 7.92. The third kappa shape index (κ3) is 9.11. The number of rotatable bonds is 10. The zero-order valence-electron chi connectivity index (χ0n) is 34.2. The van der Waals surface area contributed by atoms with E-state index >= 15 is 0 Å². The summed E-state index contributed by atoms with van der Waals surface area (Å²) in [7, 11) is -4.08. The molecule has 4 aliphatic rings. The molecule has 59 heavy (non-hydrogen) atoms. The van der Waals surface area contributed by atoms with Gasteiger partial charge < -0.3 is 29.7 Å². The Hall–Kier alpha value is -4.61. The van der Waals surface area contributed by atoms with Crippen LogP contribution in [0, 0.1) is 17.8 Å². The first-order chi connectivity index (χ1) is 27.6. The summed E-state index contributed by atoms with van der Waals surface area (Å²) in [5.41, 5.74) is -4.53. The number of alkyl carbamates (subject to hydrolysis) is 1. The molecule has 3 fully saturated rings. The van der Waals surface area contributed by atoms with E-state index in [4.69, 9.17) is 14.2 Å². The highest BCUT2D eigenvalue weighted by atomic mass is 32.2. The molecule has 2 aliphatic carbocycles. The highest BCUT2D eigenvalue weighted by Gasteiger charge is 2.63. The predicted molar refractivity (Wildman–Crippen MR) is 211 cm³/mol. The Morgan fingerprint density at radius 1 is 1.08 bits per heavy atom. The molecule has 0 radical (unpaired) electrons. The highest BCUT2D eigenvalue weighted by Crippen LogP contribution is 2.48. The van der Waals surface area contributed by atoms with Crippen LogP contribution >= 0.6 is 0 Å². The molecule has 6 rings (SSSR count). The van der Waals surface area contributed by atoms with Gasteiger partial charge in [0.05, 0.1) is 24.1 Å². The number of amides is 4. The smallest absolute Gasteiger partial charge is 0.427 e. The van der Waals surface area contributed by atoms with Crippen LogP contribution in [0.1, 0.15) is 92.9 Å². The molecular weight excluding hydrogens is 796 g/mol. The van der Waals surface area contributed by atoms with Crippen molar-refractivity contribution in [1.82, 2.24) is 25.2 Å². The van der Waals surface area contributed by atoms with Crippen molar-refractivity contribution in [3.05, 3.63) is 42.6 Å². The number of fused-ring (bicyclic) bond motifs is 3. The fourth-order valence-corrected chi connectivity index (χ4v) is 9.24. The van der Waals surface area contributed by atoms with Crippen molar-refractivity contribution >= 4 is 44.6 Å². The van der Waals surface area contributed by atoms with Gasteiger partial charge in [-0.15, -0.1) is 0 Å². The van der Waals surface area contributed by atoms with Crippen LogP contribution in [0.3, 0.4) is 0 Å². The molecular formula is C41H54F3N5O9S. The van der Waals surface area contributed by atoms with E-state index in [1.807, 2.05) is 32.1 Å². The molecule has 2 aliphatic heterocycles. The topological polar surface area (TPSA) is 182 Å². The third-order valence-electron chi connectivity index (χ3n) is 12.2. The minimum absolute atomic E-state index is 0.0321. The van der Waals surface area contributed by atoms with E-state index in [2.05, 4.69) is 20.3 Å². The van der Waals surface area contributed by atoms with E-state index in [1.54, 1.807) is 32.1 Å². The van der Waals surface area contributed by atoms with E-state index in [0.29, 0.717) is 75.5 Å². The van der Waals surface area contributed by atoms with Gasteiger partial charge in [0.25, 0.3) is 5.91 Å². The molecule has 1 saturated heterocycles. The molecule has 0 bridgehead atoms. The zero-order valence-corrected chi connectivity index (χ0v) is 35.0. The summed E-state index contributed by atoms with van der Waals surface area (Å²) in [6.07, 6.45) is 0.586. The lowest BCUT2D eigenvalue weighted by Gasteiger charge is -2.35. The van der Waals surface area contributed by atoms with Crippen LogP contribution in [0.5, 0.6) is 11.6 Å². The van der Waals surface area contributed by atoms with Crippen molar-refractivity contribution in [3.63, 3.8) is 0 Å². The lowest BCUT2D eigenvalue weighted by molar-refractivity contribution is -0.244. The van der Waals surface area contributed by atoms with E-state index in [0.717, 1.165) is 0 Å². The summed E-state index contributed by atoms with van der Waals surface area (Å²) in [5.74, 6) is -2.87. The molecule has 0 unspecified atom stereocenters. The number of pyridine rings is 1. The Labute approximate surface area is 342 Å². The first-order valence-corrected chi connectivity index (χ1v) is 21.7. The van der Waals surface area contributed by atoms with Gasteiger partial charge in [-0.3, -0.25) is 19.1 Å². The molecule has 1 aromatic carbocycles. The van der Waals surface area contributed by atoms with Crippen molar-refractivity contribution in [2.24, 2.45) is 17.8 Å². The maximum atomic E-state index is 14.9. The number of hydrogen-bond donors (Lipinski definition) is 3. The standard InChI is InChI=1S/C41H54F3N5O9S/c1-7-25-19-24(3)13-9-10-14-26-21-40(26,36(52)48-59(54,55)39(6)17-18-39)47-33(50)30-20-27(57-34-29-16-12-11-15-28(29)31(22-45-34)56-8-2)23-49(30)35(51)32(25)46-37(53)58-38(4,5)41(42,43)44/h10-12,14-16,22,24-27,30,32H,7-9,13,17-21,23H2,1-6H3,(H,46,53)(H,47,50)(H,48,52)/b14-10+/t24-,25-,26-,27-,30+,32+,40-/m1/s1. The van der Waals surface area contributed by atoms with E-state index in [-0.39, 0.29) is 31.2 Å². The number of nitrogens with one attached hydrogen (secondary N) is 3. The number of sulfonamides is 1. The molecule has 7 atom stereocenters. The monoisotopic (exact) mass is 849 g/mol. The number of nitrogens with zero attached hydrogens (tertiary/aromatic N) is 2. The maximum Gasteiger partial charge on any atom is 0.427 e. The van der Waals surface area contributed by atoms with Crippen LogP contribution in [-0.4, -0.2) is 95.5 Å². The average Bonchev–Trinajstić information content (AvgIpc) is 4.04. The second-order valence-electron chi connectivity index (χ2n) is 17.1. The molecule has 3 heterocycles. The molecule has 18 heteroatoms. The Balaban J connectivity index is 1.37. The number of allylic oxidation sites excluding steroid dienone is 1. The largest absolute Gasteiger partial charge is 0.492 e. The second kappa shape index (κ2) is 16.4. The van der Waals surface area contributed by atoms with Crippen LogP contribution in [-0.2, 0) is 29.1 Å². The predicted octanol–water partition coefficient (Wildman–Crippen LogP) is 5.69. The van der Waals surface area contributed by atoms with Crippen LogP contribution in [0.15, 0.2) is 42.6 Å². The van der Waals surface area contributed by atoms with Crippen molar-refractivity contribution in [2.75, 3.05) is 13.2 Å². The van der Waals surface area contributed by atoms with E-state index < -0.39 is 85.9 Å². The fraction of sp³-hybridized carbons (Fsp3) is 0.634. The SMILES string of the molecule is CCOc1cnc(O[C@@H]2C[C@H]3C(=O)N[C@]4(C(=O)NS(=O)(=O)C5(C)CC5)C[C@H]4/C=C/CC[C@@H](C)C[C@@H](CC)[C@H](NC(=O)OC(C)(C)C(F)(F)F)C(=O)N3C2)c2ccccc12. The summed E-state index contributed by atoms with van der Waals surface area (Å²) in [5, 5.41) is 6.56. The number of carbonyl (C=O) groups excluding carboxylic acids is 4. The minimum atomic E-state index is -4.91. The molecule has 3 N–H and O–H groups in total. The van der Waals surface area contributed by atoms with Gasteiger partial charge in [0, 0.05) is 23.1 Å². The number of hydrogen-bond acceptors (Lipinski definition) is 10. The molecule has 2 saturated carbocycles. The number of aromatic nitrogens is 1. The lowest BCUT2D eigenvalue weighted by atomic mass is 9.85. The van der Waals surface area contributed by atoms with Gasteiger partial charge in [-0.25, -0.2) is 18.2 Å². The van der Waals surface area contributed by atoms with Gasteiger partial charge in [0.15, 0.2) is 0 Å². The van der Waals surface area contributed by atoms with Gasteiger partial charge in [-0.1, -0.05) is 50.6 Å². The molecule has 2 aromatic rings. The summed E-state index contributed by atoms with van der Waals surface area (Å²) in [4.78, 5) is 62.4. The minimum Gasteiger partial charge on any atom is -0.492 e. The van der Waals surface area contributed by atoms with Gasteiger partial charge in [-0.05, 0) is 84.1 Å². The molecule has 14 nitrogen and oxygen atoms in total. The molecule has 0 spiro atoms. The summed E-state index contributed by atoms with van der Waals surface area (Å²) in [6, 6.07) is 4.49. The molecule has 4 amide bonds. The zero-order chi connectivity index (χ0) is 43.1. The number of ether oxygens (including phenoxy) is 3. The van der Waals surface area contributed by atoms with Gasteiger partial charge in [0.2, 0.25) is 33.3 Å². The molecule has 1 aromatic heterocycles. The van der Waals surface area contributed by atoms with E-state index in [1.165, 1.54) is 11.1 Å². The van der Waals surface area contributed by atoms with Crippen LogP contribution in [0.4, 0.5) is 18.0 Å². The molecule has 324 valence electrons. The first-order valence-electron chi connectivity index (χ1n) is 20.2. The van der Waals surface area contributed by atoms with Crippen molar-refractivity contribution in [2.45, 2.75) is 133 Å². The lowest BCUT2D eigenvalue weighted by Crippen LogP contribution is -2.60. The third-order valence-corrected chi connectivity index (χ3v) is 14.4. The van der Waals surface area contributed by atoms with Crippen molar-refractivity contribution < 1.29 is 55.0 Å². The summed E-state index contributed by atoms with van der Waals surface area (Å²) in [6.45, 7) is 8.72. The summed E-state index contributed by atoms with van der Waals surface area (Å²) < 4.78 is 86.0. The Bertz CT molecular complexity index is 2090. The number of carbonyl (C=O) groups is 4. The van der Waals surface area contributed by atoms with Crippen molar-refractivity contribution in [1.29, 1.82) is 0 Å². The number of alkyl halides is 3. The number of benzene rings is 1. The van der Waals surface area contributed by atoms with Crippen molar-refractivity contribution in [3.8, 4) is 11.6 Å². The quantitative estimate of drug-likeness (QED) is 0.251. The Kier molecular flexibility index (Phi) is 12.3. The Morgan fingerprint density at radius 2 is 1.78 bits per heavy atom. The van der Waals surface area contributed by atoms with Crippen LogP contribution in [0.2, 0.25) is 0 Å². The number of halogens is 3. The maximum absolute atomic E-state index is 14.9. The van der Waals surface area contributed by atoms with E-state index in [9.17, 15) is 40.8 Å². The van der Waals surface area contributed by atoms with Gasteiger partial charge in [-0.2, -0.15) is 13.2 Å². The van der Waals surface area contributed by atoms with Crippen LogP contribution in [0.25, 0.3) is 10.8 Å². The first kappa shape index (κ1) is 44.0.